The van der Waals surface area contributed by atoms with Crippen LogP contribution in [0.1, 0.15) is 16.2 Å². The quantitative estimate of drug-likeness (QED) is 0.742. The number of furan rings is 2. The molecule has 3 heterocycles. The molecule has 0 aliphatic heterocycles. The summed E-state index contributed by atoms with van der Waals surface area (Å²) in [5.41, 5.74) is -0.113. The molecule has 0 saturated carbocycles. The molecule has 21 heavy (non-hydrogen) atoms. The molecule has 0 aromatic carbocycles. The molecule has 2 N–H and O–H groups in total. The van der Waals surface area contributed by atoms with Crippen molar-refractivity contribution >= 4 is 11.8 Å². The van der Waals surface area contributed by atoms with Gasteiger partial charge >= 0.3 is 5.97 Å². The van der Waals surface area contributed by atoms with Crippen molar-refractivity contribution < 1.29 is 18.7 Å². The molecule has 7 nitrogen and oxygen atoms in total. The largest absolute Gasteiger partial charge is 0.477 e. The predicted molar refractivity (Wildman–Crippen MR) is 72.7 cm³/mol. The van der Waals surface area contributed by atoms with E-state index in [1.54, 1.807) is 30.5 Å². The van der Waals surface area contributed by atoms with Gasteiger partial charge in [-0.25, -0.2) is 14.8 Å². The van der Waals surface area contributed by atoms with Gasteiger partial charge in [0.15, 0.2) is 17.3 Å². The number of hydrogen-bond donors (Lipinski definition) is 2. The van der Waals surface area contributed by atoms with Gasteiger partial charge in [-0.15, -0.1) is 0 Å². The second kappa shape index (κ2) is 5.49. The van der Waals surface area contributed by atoms with Crippen molar-refractivity contribution in [1.82, 2.24) is 9.97 Å². The summed E-state index contributed by atoms with van der Waals surface area (Å²) in [6, 6.07) is 8.28. The number of aromatic carboxylic acids is 1. The summed E-state index contributed by atoms with van der Waals surface area (Å²) >= 11 is 0. The third kappa shape index (κ3) is 2.92. The first kappa shape index (κ1) is 12.9. The van der Waals surface area contributed by atoms with E-state index in [1.165, 1.54) is 12.3 Å². The Hall–Kier alpha value is -3.09. The third-order valence-electron chi connectivity index (χ3n) is 2.71. The normalized spacial score (nSPS) is 10.5. The number of carboxylic acid groups (broad SMARTS) is 1. The first-order valence-corrected chi connectivity index (χ1v) is 6.15. The van der Waals surface area contributed by atoms with E-state index in [9.17, 15) is 4.79 Å². The van der Waals surface area contributed by atoms with Crippen LogP contribution >= 0.6 is 0 Å². The SMILES string of the molecule is O=C(O)c1cc(NCc2ccco2)nc(-c2ccco2)n1. The highest BCUT2D eigenvalue weighted by molar-refractivity contribution is 5.86. The predicted octanol–water partition coefficient (Wildman–Crippen LogP) is 2.64. The molecule has 0 spiro atoms. The van der Waals surface area contributed by atoms with Crippen molar-refractivity contribution in [3.05, 3.63) is 54.3 Å². The van der Waals surface area contributed by atoms with Crippen LogP contribution in [0.25, 0.3) is 11.6 Å². The Kier molecular flexibility index (Phi) is 3.38. The van der Waals surface area contributed by atoms with Crippen LogP contribution in [0.2, 0.25) is 0 Å². The Morgan fingerprint density at radius 2 is 2.00 bits per heavy atom. The first-order valence-electron chi connectivity index (χ1n) is 6.15. The van der Waals surface area contributed by atoms with Gasteiger partial charge in [-0.3, -0.25) is 0 Å². The molecule has 0 fully saturated rings. The number of rotatable bonds is 5. The van der Waals surface area contributed by atoms with Crippen LogP contribution < -0.4 is 5.32 Å². The molecule has 7 heteroatoms. The molecule has 0 radical (unpaired) electrons. The van der Waals surface area contributed by atoms with Crippen LogP contribution in [-0.4, -0.2) is 21.0 Å². The molecule has 0 aliphatic carbocycles. The van der Waals surface area contributed by atoms with E-state index < -0.39 is 5.97 Å². The molecule has 3 aromatic rings. The highest BCUT2D eigenvalue weighted by Gasteiger charge is 2.13. The van der Waals surface area contributed by atoms with E-state index in [0.717, 1.165) is 0 Å². The van der Waals surface area contributed by atoms with E-state index in [4.69, 9.17) is 13.9 Å². The maximum absolute atomic E-state index is 11.1. The number of carboxylic acids is 1. The van der Waals surface area contributed by atoms with Crippen molar-refractivity contribution in [2.75, 3.05) is 5.32 Å². The lowest BCUT2D eigenvalue weighted by Crippen LogP contribution is -2.07. The van der Waals surface area contributed by atoms with Crippen molar-refractivity contribution in [2.24, 2.45) is 0 Å². The molecular weight excluding hydrogens is 274 g/mol. The molecule has 0 atom stereocenters. The third-order valence-corrected chi connectivity index (χ3v) is 2.71. The number of nitrogens with zero attached hydrogens (tertiary/aromatic N) is 2. The molecule has 0 amide bonds. The summed E-state index contributed by atoms with van der Waals surface area (Å²) in [6.45, 7) is 0.390. The molecule has 0 unspecified atom stereocenters. The molecule has 3 rings (SSSR count). The Labute approximate surface area is 119 Å². The Morgan fingerprint density at radius 3 is 2.67 bits per heavy atom. The highest BCUT2D eigenvalue weighted by Crippen LogP contribution is 2.19. The smallest absolute Gasteiger partial charge is 0.354 e. The van der Waals surface area contributed by atoms with Gasteiger partial charge in [0, 0.05) is 6.07 Å². The van der Waals surface area contributed by atoms with Gasteiger partial charge in [-0.05, 0) is 24.3 Å². The fourth-order valence-electron chi connectivity index (χ4n) is 1.75. The van der Waals surface area contributed by atoms with Crippen LogP contribution in [-0.2, 0) is 6.54 Å². The standard InChI is InChI=1S/C14H11N3O4/c18-14(19)10-7-12(15-8-9-3-1-5-20-9)17-13(16-10)11-4-2-6-21-11/h1-7H,8H2,(H,18,19)(H,15,16,17). The van der Waals surface area contributed by atoms with Crippen LogP contribution in [0.4, 0.5) is 5.82 Å². The fourth-order valence-corrected chi connectivity index (χ4v) is 1.75. The Balaban J connectivity index is 1.90. The number of nitrogens with one attached hydrogen (secondary N) is 1. The van der Waals surface area contributed by atoms with Crippen LogP contribution in [0, 0.1) is 0 Å². The summed E-state index contributed by atoms with van der Waals surface area (Å²) in [6.07, 6.45) is 3.04. The molecule has 0 saturated heterocycles. The average Bonchev–Trinajstić information content (AvgIpc) is 3.18. The van der Waals surface area contributed by atoms with E-state index >= 15 is 0 Å². The van der Waals surface area contributed by atoms with Crippen molar-refractivity contribution in [3.8, 4) is 11.6 Å². The van der Waals surface area contributed by atoms with Gasteiger partial charge in [0.05, 0.1) is 19.1 Å². The topological polar surface area (TPSA) is 101 Å². The van der Waals surface area contributed by atoms with Crippen molar-refractivity contribution in [3.63, 3.8) is 0 Å². The second-order valence-electron chi connectivity index (χ2n) is 4.18. The van der Waals surface area contributed by atoms with Gasteiger partial charge < -0.3 is 19.3 Å². The van der Waals surface area contributed by atoms with Gasteiger partial charge in [-0.2, -0.15) is 0 Å². The maximum atomic E-state index is 11.1. The highest BCUT2D eigenvalue weighted by atomic mass is 16.4. The van der Waals surface area contributed by atoms with Crippen molar-refractivity contribution in [2.45, 2.75) is 6.54 Å². The van der Waals surface area contributed by atoms with Gasteiger partial charge in [0.2, 0.25) is 0 Å². The minimum absolute atomic E-state index is 0.113. The summed E-state index contributed by atoms with van der Waals surface area (Å²) in [7, 11) is 0. The van der Waals surface area contributed by atoms with E-state index in [-0.39, 0.29) is 11.5 Å². The summed E-state index contributed by atoms with van der Waals surface area (Å²) in [4.78, 5) is 19.3. The fraction of sp³-hybridized carbons (Fsp3) is 0.0714. The minimum atomic E-state index is -1.13. The molecule has 0 bridgehead atoms. The number of hydrogen-bond acceptors (Lipinski definition) is 6. The zero-order valence-corrected chi connectivity index (χ0v) is 10.8. The minimum Gasteiger partial charge on any atom is -0.477 e. The Bertz CT molecular complexity index is 736. The number of anilines is 1. The summed E-state index contributed by atoms with van der Waals surface area (Å²) in [5, 5.41) is 12.1. The van der Waals surface area contributed by atoms with Gasteiger partial charge in [0.1, 0.15) is 11.6 Å². The molecule has 0 aliphatic rings. The zero-order chi connectivity index (χ0) is 14.7. The van der Waals surface area contributed by atoms with Crippen LogP contribution in [0.15, 0.2) is 51.7 Å². The maximum Gasteiger partial charge on any atom is 0.354 e. The number of aromatic nitrogens is 2. The van der Waals surface area contributed by atoms with E-state index in [0.29, 0.717) is 23.9 Å². The summed E-state index contributed by atoms with van der Waals surface area (Å²) < 4.78 is 10.4. The first-order chi connectivity index (χ1) is 10.2. The lowest BCUT2D eigenvalue weighted by molar-refractivity contribution is 0.0690. The number of carbonyl (C=O) groups is 1. The summed E-state index contributed by atoms with van der Waals surface area (Å²) in [5.74, 6) is 0.572. The lowest BCUT2D eigenvalue weighted by atomic mass is 10.3. The van der Waals surface area contributed by atoms with E-state index in [2.05, 4.69) is 15.3 Å². The molecule has 106 valence electrons. The van der Waals surface area contributed by atoms with Crippen LogP contribution in [0.3, 0.4) is 0 Å². The zero-order valence-electron chi connectivity index (χ0n) is 10.8. The van der Waals surface area contributed by atoms with Crippen molar-refractivity contribution in [1.29, 1.82) is 0 Å². The lowest BCUT2D eigenvalue weighted by Gasteiger charge is -2.06. The van der Waals surface area contributed by atoms with E-state index in [1.807, 2.05) is 0 Å². The van der Waals surface area contributed by atoms with Gasteiger partial charge in [-0.1, -0.05) is 0 Å². The Morgan fingerprint density at radius 1 is 1.19 bits per heavy atom. The molecule has 3 aromatic heterocycles. The monoisotopic (exact) mass is 285 g/mol. The molecular formula is C14H11N3O4. The average molecular weight is 285 g/mol. The van der Waals surface area contributed by atoms with Gasteiger partial charge in [0.25, 0.3) is 0 Å². The second-order valence-corrected chi connectivity index (χ2v) is 4.18. The van der Waals surface area contributed by atoms with Crippen LogP contribution in [0.5, 0.6) is 0 Å².